The van der Waals surface area contributed by atoms with Crippen molar-refractivity contribution in [3.05, 3.63) is 63.6 Å². The number of hydrogen-bond acceptors (Lipinski definition) is 2. The summed E-state index contributed by atoms with van der Waals surface area (Å²) in [4.78, 5) is 12.3. The molecular formula is C17H18BrNO2. The van der Waals surface area contributed by atoms with Gasteiger partial charge in [-0.2, -0.15) is 0 Å². The van der Waals surface area contributed by atoms with E-state index in [0.717, 1.165) is 16.5 Å². The first kappa shape index (κ1) is 15.6. The Hall–Kier alpha value is -1.81. The van der Waals surface area contributed by atoms with Crippen molar-refractivity contribution in [3.8, 4) is 5.75 Å². The number of ether oxygens (including phenoxy) is 1. The smallest absolute Gasteiger partial charge is 0.255 e. The number of amides is 1. The summed E-state index contributed by atoms with van der Waals surface area (Å²) in [7, 11) is 1.56. The molecule has 1 amide bonds. The molecule has 2 aromatic carbocycles. The second-order valence-electron chi connectivity index (χ2n) is 4.65. The summed E-state index contributed by atoms with van der Waals surface area (Å²) >= 11 is 3.37. The Kier molecular flexibility index (Phi) is 5.39. The SMILES string of the molecule is CCc1ccccc1CNC(=O)c1ccc(Br)cc1OC. The maximum absolute atomic E-state index is 12.3. The van der Waals surface area contributed by atoms with Gasteiger partial charge in [0.2, 0.25) is 0 Å². The van der Waals surface area contributed by atoms with Gasteiger partial charge in [-0.05, 0) is 35.7 Å². The van der Waals surface area contributed by atoms with Crippen molar-refractivity contribution in [2.75, 3.05) is 7.11 Å². The maximum Gasteiger partial charge on any atom is 0.255 e. The van der Waals surface area contributed by atoms with Gasteiger partial charge in [-0.1, -0.05) is 47.1 Å². The molecule has 0 heterocycles. The predicted octanol–water partition coefficient (Wildman–Crippen LogP) is 3.95. The van der Waals surface area contributed by atoms with Crippen LogP contribution in [0.15, 0.2) is 46.9 Å². The topological polar surface area (TPSA) is 38.3 Å². The monoisotopic (exact) mass is 347 g/mol. The van der Waals surface area contributed by atoms with Gasteiger partial charge in [-0.15, -0.1) is 0 Å². The Bertz CT molecular complexity index is 640. The average molecular weight is 348 g/mol. The molecule has 1 N–H and O–H groups in total. The summed E-state index contributed by atoms with van der Waals surface area (Å²) in [6, 6.07) is 13.5. The van der Waals surface area contributed by atoms with Crippen LogP contribution in [0.1, 0.15) is 28.4 Å². The molecule has 3 nitrogen and oxygen atoms in total. The fourth-order valence-corrected chi connectivity index (χ4v) is 2.54. The van der Waals surface area contributed by atoms with Crippen LogP contribution in [0, 0.1) is 0 Å². The summed E-state index contributed by atoms with van der Waals surface area (Å²) < 4.78 is 6.14. The lowest BCUT2D eigenvalue weighted by Gasteiger charge is -2.11. The van der Waals surface area contributed by atoms with Gasteiger partial charge in [-0.25, -0.2) is 0 Å². The highest BCUT2D eigenvalue weighted by Gasteiger charge is 2.12. The Balaban J connectivity index is 2.12. The summed E-state index contributed by atoms with van der Waals surface area (Å²) in [5.41, 5.74) is 2.93. The van der Waals surface area contributed by atoms with Crippen molar-refractivity contribution in [1.29, 1.82) is 0 Å². The maximum atomic E-state index is 12.3. The Morgan fingerprint density at radius 3 is 2.57 bits per heavy atom. The highest BCUT2D eigenvalue weighted by Crippen LogP contribution is 2.23. The molecule has 4 heteroatoms. The quantitative estimate of drug-likeness (QED) is 0.889. The molecule has 0 saturated carbocycles. The molecular weight excluding hydrogens is 330 g/mol. The van der Waals surface area contributed by atoms with Crippen LogP contribution >= 0.6 is 15.9 Å². The second-order valence-corrected chi connectivity index (χ2v) is 5.57. The molecule has 0 aliphatic rings. The molecule has 0 spiro atoms. The largest absolute Gasteiger partial charge is 0.496 e. The van der Waals surface area contributed by atoms with Gasteiger partial charge in [0.15, 0.2) is 0 Å². The van der Waals surface area contributed by atoms with Crippen LogP contribution in [0.2, 0.25) is 0 Å². The number of rotatable bonds is 5. The van der Waals surface area contributed by atoms with Gasteiger partial charge < -0.3 is 10.1 Å². The van der Waals surface area contributed by atoms with Crippen molar-refractivity contribution in [3.63, 3.8) is 0 Å². The molecule has 0 aromatic heterocycles. The Morgan fingerprint density at radius 1 is 1.19 bits per heavy atom. The predicted molar refractivity (Wildman–Crippen MR) is 87.7 cm³/mol. The van der Waals surface area contributed by atoms with Gasteiger partial charge in [-0.3, -0.25) is 4.79 Å². The number of aryl methyl sites for hydroxylation is 1. The summed E-state index contributed by atoms with van der Waals surface area (Å²) in [5, 5.41) is 2.95. The van der Waals surface area contributed by atoms with Crippen LogP contribution in [-0.4, -0.2) is 13.0 Å². The van der Waals surface area contributed by atoms with Crippen molar-refractivity contribution in [1.82, 2.24) is 5.32 Å². The third-order valence-corrected chi connectivity index (χ3v) is 3.84. The molecule has 0 unspecified atom stereocenters. The molecule has 0 fully saturated rings. The highest BCUT2D eigenvalue weighted by atomic mass is 79.9. The van der Waals surface area contributed by atoms with Gasteiger partial charge in [0.05, 0.1) is 12.7 Å². The Labute approximate surface area is 133 Å². The van der Waals surface area contributed by atoms with E-state index in [1.165, 1.54) is 5.56 Å². The van der Waals surface area contributed by atoms with Crippen molar-refractivity contribution >= 4 is 21.8 Å². The minimum absolute atomic E-state index is 0.134. The molecule has 0 aliphatic heterocycles. The zero-order valence-electron chi connectivity index (χ0n) is 12.2. The number of halogens is 1. The van der Waals surface area contributed by atoms with Crippen molar-refractivity contribution < 1.29 is 9.53 Å². The first-order valence-electron chi connectivity index (χ1n) is 6.84. The van der Waals surface area contributed by atoms with E-state index in [0.29, 0.717) is 17.9 Å². The first-order chi connectivity index (χ1) is 10.2. The number of carbonyl (C=O) groups excluding carboxylic acids is 1. The van der Waals surface area contributed by atoms with Crippen LogP contribution in [0.25, 0.3) is 0 Å². The van der Waals surface area contributed by atoms with Crippen LogP contribution < -0.4 is 10.1 Å². The Morgan fingerprint density at radius 2 is 1.90 bits per heavy atom. The van der Waals surface area contributed by atoms with Crippen LogP contribution in [0.4, 0.5) is 0 Å². The fraction of sp³-hybridized carbons (Fsp3) is 0.235. The molecule has 0 radical (unpaired) electrons. The number of carbonyl (C=O) groups is 1. The molecule has 0 bridgehead atoms. The number of hydrogen-bond donors (Lipinski definition) is 1. The molecule has 110 valence electrons. The number of benzene rings is 2. The van der Waals surface area contributed by atoms with Crippen molar-refractivity contribution in [2.24, 2.45) is 0 Å². The zero-order valence-corrected chi connectivity index (χ0v) is 13.7. The van der Waals surface area contributed by atoms with Crippen LogP contribution in [0.3, 0.4) is 0 Å². The first-order valence-corrected chi connectivity index (χ1v) is 7.63. The van der Waals surface area contributed by atoms with Gasteiger partial charge >= 0.3 is 0 Å². The zero-order chi connectivity index (χ0) is 15.2. The molecule has 2 aromatic rings. The van der Waals surface area contributed by atoms with E-state index in [4.69, 9.17) is 4.74 Å². The number of nitrogens with one attached hydrogen (secondary N) is 1. The lowest BCUT2D eigenvalue weighted by Crippen LogP contribution is -2.23. The summed E-state index contributed by atoms with van der Waals surface area (Å²) in [6.45, 7) is 2.63. The average Bonchev–Trinajstić information content (AvgIpc) is 2.52. The summed E-state index contributed by atoms with van der Waals surface area (Å²) in [6.07, 6.45) is 0.952. The lowest BCUT2D eigenvalue weighted by molar-refractivity contribution is 0.0948. The van der Waals surface area contributed by atoms with E-state index in [1.807, 2.05) is 24.3 Å². The van der Waals surface area contributed by atoms with E-state index in [9.17, 15) is 4.79 Å². The lowest BCUT2D eigenvalue weighted by atomic mass is 10.1. The van der Waals surface area contributed by atoms with Gasteiger partial charge in [0.1, 0.15) is 5.75 Å². The molecule has 0 aliphatic carbocycles. The second kappa shape index (κ2) is 7.27. The molecule has 2 rings (SSSR count). The number of methoxy groups -OCH3 is 1. The highest BCUT2D eigenvalue weighted by molar-refractivity contribution is 9.10. The normalized spacial score (nSPS) is 10.2. The van der Waals surface area contributed by atoms with E-state index in [2.05, 4.69) is 34.2 Å². The standard InChI is InChI=1S/C17H18BrNO2/c1-3-12-6-4-5-7-13(12)11-19-17(20)15-9-8-14(18)10-16(15)21-2/h4-10H,3,11H2,1-2H3,(H,19,20). The molecule has 21 heavy (non-hydrogen) atoms. The third-order valence-electron chi connectivity index (χ3n) is 3.35. The molecule has 0 atom stereocenters. The van der Waals surface area contributed by atoms with E-state index < -0.39 is 0 Å². The summed E-state index contributed by atoms with van der Waals surface area (Å²) in [5.74, 6) is 0.427. The third kappa shape index (κ3) is 3.85. The van der Waals surface area contributed by atoms with Crippen LogP contribution in [-0.2, 0) is 13.0 Å². The fourth-order valence-electron chi connectivity index (χ4n) is 2.20. The van der Waals surface area contributed by atoms with Gasteiger partial charge in [0, 0.05) is 11.0 Å². The minimum atomic E-state index is -0.134. The molecule has 0 saturated heterocycles. The van der Waals surface area contributed by atoms with Gasteiger partial charge in [0.25, 0.3) is 5.91 Å². The van der Waals surface area contributed by atoms with Crippen LogP contribution in [0.5, 0.6) is 5.75 Å². The van der Waals surface area contributed by atoms with E-state index in [1.54, 1.807) is 19.2 Å². The van der Waals surface area contributed by atoms with E-state index in [-0.39, 0.29) is 5.91 Å². The van der Waals surface area contributed by atoms with Crippen molar-refractivity contribution in [2.45, 2.75) is 19.9 Å². The van der Waals surface area contributed by atoms with E-state index >= 15 is 0 Å². The minimum Gasteiger partial charge on any atom is -0.496 e.